The number of carbonyl (C=O) groups is 1. The van der Waals surface area contributed by atoms with Crippen molar-refractivity contribution in [2.75, 3.05) is 13.7 Å². The van der Waals surface area contributed by atoms with E-state index in [1.807, 2.05) is 6.07 Å². The minimum absolute atomic E-state index is 0.156. The van der Waals surface area contributed by atoms with Gasteiger partial charge in [0.05, 0.1) is 31.0 Å². The zero-order valence-corrected chi connectivity index (χ0v) is 17.7. The fraction of sp³-hybridized carbons (Fsp3) is 0.261. The van der Waals surface area contributed by atoms with E-state index in [1.54, 1.807) is 42.5 Å². The molecule has 0 saturated carbocycles. The van der Waals surface area contributed by atoms with Crippen molar-refractivity contribution < 1.29 is 27.4 Å². The molecule has 1 heterocycles. The predicted molar refractivity (Wildman–Crippen MR) is 113 cm³/mol. The molecule has 0 aliphatic heterocycles. The molecule has 0 radical (unpaired) electrons. The van der Waals surface area contributed by atoms with Gasteiger partial charge in [-0.1, -0.05) is 12.1 Å². The highest BCUT2D eigenvalue weighted by Gasteiger charge is 2.33. The molecule has 0 spiro atoms. The highest BCUT2D eigenvalue weighted by Crippen LogP contribution is 2.28. The first kappa shape index (κ1) is 23.7. The monoisotopic (exact) mass is 458 g/mol. The Labute approximate surface area is 188 Å². The molecule has 0 atom stereocenters. The number of carbonyl (C=O) groups excluding carboxylic acids is 1. The zero-order chi connectivity index (χ0) is 23.8. The zero-order valence-electron chi connectivity index (χ0n) is 17.7. The Bertz CT molecular complexity index is 1140. The van der Waals surface area contributed by atoms with Crippen LogP contribution in [0.1, 0.15) is 29.7 Å². The molecule has 172 valence electrons. The van der Waals surface area contributed by atoms with Crippen LogP contribution < -0.4 is 14.8 Å². The Morgan fingerprint density at radius 2 is 1.91 bits per heavy atom. The van der Waals surface area contributed by atoms with Gasteiger partial charge in [0.1, 0.15) is 0 Å². The second-order valence-electron chi connectivity index (χ2n) is 7.02. The van der Waals surface area contributed by atoms with Crippen LogP contribution in [0.4, 0.5) is 13.2 Å². The van der Waals surface area contributed by atoms with Crippen LogP contribution in [0.2, 0.25) is 0 Å². The number of amides is 1. The molecule has 0 saturated heterocycles. The Morgan fingerprint density at radius 1 is 1.15 bits per heavy atom. The normalized spacial score (nSPS) is 11.0. The summed E-state index contributed by atoms with van der Waals surface area (Å²) in [5.74, 6) is 0.791. The number of alkyl halides is 3. The number of nitriles is 1. The van der Waals surface area contributed by atoms with E-state index >= 15 is 0 Å². The number of benzene rings is 2. The lowest BCUT2D eigenvalue weighted by Crippen LogP contribution is -2.23. The lowest BCUT2D eigenvalue weighted by molar-refractivity contribution is -0.141. The summed E-state index contributed by atoms with van der Waals surface area (Å²) in [7, 11) is 1.48. The van der Waals surface area contributed by atoms with Gasteiger partial charge in [-0.15, -0.1) is 0 Å². The predicted octanol–water partition coefficient (Wildman–Crippen LogP) is 4.25. The molecular formula is C23H21F3N4O3. The topological polar surface area (TPSA) is 89.2 Å². The number of nitrogens with one attached hydrogen (secondary N) is 1. The Kier molecular flexibility index (Phi) is 7.56. The van der Waals surface area contributed by atoms with E-state index in [-0.39, 0.29) is 18.9 Å². The molecule has 0 unspecified atom stereocenters. The summed E-state index contributed by atoms with van der Waals surface area (Å²) in [5, 5.41) is 15.2. The summed E-state index contributed by atoms with van der Waals surface area (Å²) in [5.41, 5.74) is 0.785. The standard InChI is InChI=1S/C23H21F3N4O3/c1-32-20-13-17(14-27)6-9-19(20)33-12-2-3-22(31)28-15-16-4-7-18(8-5-16)30-11-10-21(29-30)23(24,25)26/h4-11,13H,2-3,12,15H2,1H3,(H,28,31). The van der Waals surface area contributed by atoms with Crippen LogP contribution in [0, 0.1) is 11.3 Å². The number of halogens is 3. The molecule has 10 heteroatoms. The maximum atomic E-state index is 12.7. The van der Waals surface area contributed by atoms with Gasteiger partial charge in [-0.05, 0) is 42.3 Å². The smallest absolute Gasteiger partial charge is 0.435 e. The molecule has 0 aliphatic rings. The van der Waals surface area contributed by atoms with E-state index in [4.69, 9.17) is 14.7 Å². The number of hydrogen-bond acceptors (Lipinski definition) is 5. The highest BCUT2D eigenvalue weighted by molar-refractivity contribution is 5.75. The second-order valence-corrected chi connectivity index (χ2v) is 7.02. The first-order chi connectivity index (χ1) is 15.8. The minimum atomic E-state index is -4.49. The van der Waals surface area contributed by atoms with Gasteiger partial charge in [-0.3, -0.25) is 4.79 Å². The van der Waals surface area contributed by atoms with Crippen molar-refractivity contribution in [1.29, 1.82) is 5.26 Å². The Balaban J connectivity index is 1.42. The summed E-state index contributed by atoms with van der Waals surface area (Å²) < 4.78 is 50.0. The van der Waals surface area contributed by atoms with Crippen LogP contribution in [-0.2, 0) is 17.5 Å². The van der Waals surface area contributed by atoms with Crippen molar-refractivity contribution in [3.8, 4) is 23.3 Å². The van der Waals surface area contributed by atoms with Crippen molar-refractivity contribution >= 4 is 5.91 Å². The molecule has 33 heavy (non-hydrogen) atoms. The van der Waals surface area contributed by atoms with Crippen molar-refractivity contribution in [2.24, 2.45) is 0 Å². The van der Waals surface area contributed by atoms with Crippen LogP contribution in [0.15, 0.2) is 54.7 Å². The van der Waals surface area contributed by atoms with Gasteiger partial charge in [-0.25, -0.2) is 4.68 Å². The SMILES string of the molecule is COc1cc(C#N)ccc1OCCCC(=O)NCc1ccc(-n2ccc(C(F)(F)F)n2)cc1. The number of ether oxygens (including phenoxy) is 2. The van der Waals surface area contributed by atoms with Crippen LogP contribution in [0.5, 0.6) is 11.5 Å². The van der Waals surface area contributed by atoms with Gasteiger partial charge in [0.25, 0.3) is 0 Å². The first-order valence-electron chi connectivity index (χ1n) is 10.00. The second kappa shape index (κ2) is 10.5. The van der Waals surface area contributed by atoms with Gasteiger partial charge in [-0.2, -0.15) is 23.5 Å². The van der Waals surface area contributed by atoms with Crippen LogP contribution in [0.25, 0.3) is 5.69 Å². The molecule has 3 rings (SSSR count). The maximum absolute atomic E-state index is 12.7. The molecule has 1 aromatic heterocycles. The quantitative estimate of drug-likeness (QED) is 0.485. The van der Waals surface area contributed by atoms with Gasteiger partial charge >= 0.3 is 6.18 Å². The average Bonchev–Trinajstić information content (AvgIpc) is 3.32. The van der Waals surface area contributed by atoms with Crippen LogP contribution in [0.3, 0.4) is 0 Å². The van der Waals surface area contributed by atoms with E-state index in [2.05, 4.69) is 10.4 Å². The number of nitrogens with zero attached hydrogens (tertiary/aromatic N) is 3. The maximum Gasteiger partial charge on any atom is 0.435 e. The van der Waals surface area contributed by atoms with E-state index in [1.165, 1.54) is 13.3 Å². The number of aromatic nitrogens is 2. The molecule has 1 N–H and O–H groups in total. The first-order valence-corrected chi connectivity index (χ1v) is 10.00. The Morgan fingerprint density at radius 3 is 2.55 bits per heavy atom. The largest absolute Gasteiger partial charge is 0.493 e. The van der Waals surface area contributed by atoms with Crippen LogP contribution >= 0.6 is 0 Å². The lowest BCUT2D eigenvalue weighted by Gasteiger charge is -2.11. The van der Waals surface area contributed by atoms with Crippen molar-refractivity contribution in [2.45, 2.75) is 25.6 Å². The number of rotatable bonds is 9. The molecule has 7 nitrogen and oxygen atoms in total. The molecule has 0 fully saturated rings. The van der Waals surface area contributed by atoms with E-state index in [0.29, 0.717) is 35.8 Å². The van der Waals surface area contributed by atoms with Crippen molar-refractivity contribution in [3.63, 3.8) is 0 Å². The van der Waals surface area contributed by atoms with E-state index < -0.39 is 11.9 Å². The van der Waals surface area contributed by atoms with E-state index in [0.717, 1.165) is 16.3 Å². The van der Waals surface area contributed by atoms with Gasteiger partial charge in [0.15, 0.2) is 17.2 Å². The van der Waals surface area contributed by atoms with Crippen molar-refractivity contribution in [3.05, 3.63) is 71.5 Å². The number of methoxy groups -OCH3 is 1. The Hall–Kier alpha value is -4.00. The van der Waals surface area contributed by atoms with E-state index in [9.17, 15) is 18.0 Å². The molecule has 0 aliphatic carbocycles. The number of hydrogen-bond donors (Lipinski definition) is 1. The summed E-state index contributed by atoms with van der Waals surface area (Å²) in [6, 6.07) is 14.5. The van der Waals surface area contributed by atoms with Gasteiger partial charge in [0, 0.05) is 25.2 Å². The summed E-state index contributed by atoms with van der Waals surface area (Å²) >= 11 is 0. The molecule has 1 amide bonds. The third kappa shape index (κ3) is 6.49. The fourth-order valence-electron chi connectivity index (χ4n) is 2.95. The molecular weight excluding hydrogens is 437 g/mol. The lowest BCUT2D eigenvalue weighted by atomic mass is 10.2. The fourth-order valence-corrected chi connectivity index (χ4v) is 2.95. The minimum Gasteiger partial charge on any atom is -0.493 e. The van der Waals surface area contributed by atoms with Gasteiger partial charge in [0.2, 0.25) is 5.91 Å². The van der Waals surface area contributed by atoms with Crippen molar-refractivity contribution in [1.82, 2.24) is 15.1 Å². The van der Waals surface area contributed by atoms with Crippen LogP contribution in [-0.4, -0.2) is 29.4 Å². The summed E-state index contributed by atoms with van der Waals surface area (Å²) in [6.45, 7) is 0.588. The molecule has 0 bridgehead atoms. The van der Waals surface area contributed by atoms with Gasteiger partial charge < -0.3 is 14.8 Å². The molecule has 3 aromatic rings. The average molecular weight is 458 g/mol. The summed E-state index contributed by atoms with van der Waals surface area (Å²) in [4.78, 5) is 12.1. The third-order valence-corrected chi connectivity index (χ3v) is 4.67. The highest BCUT2D eigenvalue weighted by atomic mass is 19.4. The molecule has 2 aromatic carbocycles. The summed E-state index contributed by atoms with van der Waals surface area (Å²) in [6.07, 6.45) is -2.51. The third-order valence-electron chi connectivity index (χ3n) is 4.67.